The van der Waals surface area contributed by atoms with Crippen LogP contribution in [0.2, 0.25) is 0 Å². The zero-order valence-electron chi connectivity index (χ0n) is 13.9. The molecule has 24 heavy (non-hydrogen) atoms. The molecule has 0 unspecified atom stereocenters. The molecule has 0 aliphatic carbocycles. The number of aryl methyl sites for hydroxylation is 1. The highest BCUT2D eigenvalue weighted by Crippen LogP contribution is 2.34. The number of aromatic nitrogens is 3. The predicted octanol–water partition coefficient (Wildman–Crippen LogP) is 3.26. The molecule has 0 radical (unpaired) electrons. The standard InChI is InChI=1S/C17H20N4O2S/c1-4-13(5-2)16(15(10-18)17-19-11-20-21-17)24(22,23)14-8-6-12(3)7-9-14/h6-9,11,13H,4-5H2,1-3H3,(H,19,20,21)/b16-15-. The molecule has 126 valence electrons. The molecule has 0 aliphatic heterocycles. The van der Waals surface area contributed by atoms with Crippen LogP contribution in [0, 0.1) is 24.2 Å². The third-order valence-corrected chi connectivity index (χ3v) is 6.00. The molecule has 0 atom stereocenters. The summed E-state index contributed by atoms with van der Waals surface area (Å²) in [6.45, 7) is 5.71. The summed E-state index contributed by atoms with van der Waals surface area (Å²) in [7, 11) is -3.81. The van der Waals surface area contributed by atoms with Crippen LogP contribution in [0.1, 0.15) is 38.1 Å². The third kappa shape index (κ3) is 3.39. The molecule has 0 amide bonds. The van der Waals surface area contributed by atoms with Gasteiger partial charge in [-0.3, -0.25) is 5.10 Å². The van der Waals surface area contributed by atoms with E-state index in [1.165, 1.54) is 6.33 Å². The number of hydrogen-bond donors (Lipinski definition) is 1. The van der Waals surface area contributed by atoms with E-state index in [0.29, 0.717) is 12.8 Å². The number of nitrogens with zero attached hydrogens (tertiary/aromatic N) is 3. The highest BCUT2D eigenvalue weighted by atomic mass is 32.2. The maximum atomic E-state index is 13.2. The lowest BCUT2D eigenvalue weighted by molar-refractivity contribution is 0.563. The fourth-order valence-corrected chi connectivity index (χ4v) is 4.54. The second kappa shape index (κ2) is 7.41. The lowest BCUT2D eigenvalue weighted by Gasteiger charge is -2.19. The minimum atomic E-state index is -3.81. The number of rotatable bonds is 6. The highest BCUT2D eigenvalue weighted by molar-refractivity contribution is 7.95. The first-order chi connectivity index (χ1) is 11.5. The van der Waals surface area contributed by atoms with E-state index in [9.17, 15) is 13.7 Å². The Morgan fingerprint density at radius 1 is 1.25 bits per heavy atom. The highest BCUT2D eigenvalue weighted by Gasteiger charge is 2.31. The van der Waals surface area contributed by atoms with Crippen molar-refractivity contribution in [3.8, 4) is 6.07 Å². The van der Waals surface area contributed by atoms with Crippen molar-refractivity contribution in [1.29, 1.82) is 5.26 Å². The predicted molar refractivity (Wildman–Crippen MR) is 91.4 cm³/mol. The van der Waals surface area contributed by atoms with Gasteiger partial charge in [0.25, 0.3) is 0 Å². The number of hydrogen-bond acceptors (Lipinski definition) is 5. The second-order valence-corrected chi connectivity index (χ2v) is 7.43. The lowest BCUT2D eigenvalue weighted by atomic mass is 9.99. The molecular weight excluding hydrogens is 324 g/mol. The average molecular weight is 344 g/mol. The Hall–Kier alpha value is -2.46. The summed E-state index contributed by atoms with van der Waals surface area (Å²) >= 11 is 0. The van der Waals surface area contributed by atoms with E-state index in [1.54, 1.807) is 24.3 Å². The van der Waals surface area contributed by atoms with Crippen molar-refractivity contribution >= 4 is 15.4 Å². The average Bonchev–Trinajstić information content (AvgIpc) is 3.10. The summed E-state index contributed by atoms with van der Waals surface area (Å²) in [4.78, 5) is 4.26. The number of nitriles is 1. The number of nitrogens with one attached hydrogen (secondary N) is 1. The zero-order valence-corrected chi connectivity index (χ0v) is 14.8. The third-order valence-electron chi connectivity index (χ3n) is 3.99. The lowest BCUT2D eigenvalue weighted by Crippen LogP contribution is -2.16. The van der Waals surface area contributed by atoms with Gasteiger partial charge in [0.1, 0.15) is 18.0 Å². The van der Waals surface area contributed by atoms with Crippen LogP contribution in [-0.2, 0) is 9.84 Å². The van der Waals surface area contributed by atoms with Crippen LogP contribution in [0.5, 0.6) is 0 Å². The fraction of sp³-hybridized carbons (Fsp3) is 0.353. The van der Waals surface area contributed by atoms with Crippen molar-refractivity contribution in [3.05, 3.63) is 46.9 Å². The monoisotopic (exact) mass is 344 g/mol. The summed E-state index contributed by atoms with van der Waals surface area (Å²) in [6, 6.07) is 8.65. The van der Waals surface area contributed by atoms with Gasteiger partial charge >= 0.3 is 0 Å². The van der Waals surface area contributed by atoms with E-state index in [2.05, 4.69) is 15.2 Å². The minimum absolute atomic E-state index is 0.0294. The Labute approximate surface area is 142 Å². The van der Waals surface area contributed by atoms with Crippen molar-refractivity contribution in [2.24, 2.45) is 5.92 Å². The van der Waals surface area contributed by atoms with Gasteiger partial charge in [0.15, 0.2) is 5.82 Å². The number of allylic oxidation sites excluding steroid dienone is 2. The topological polar surface area (TPSA) is 99.5 Å². The normalized spacial score (nSPS) is 12.8. The number of H-pyrrole nitrogens is 1. The Morgan fingerprint density at radius 2 is 1.88 bits per heavy atom. The molecule has 0 aliphatic rings. The molecule has 2 aromatic rings. The molecule has 0 saturated carbocycles. The quantitative estimate of drug-likeness (QED) is 0.811. The second-order valence-electron chi connectivity index (χ2n) is 5.52. The van der Waals surface area contributed by atoms with Crippen LogP contribution in [0.4, 0.5) is 0 Å². The SMILES string of the molecule is CCC(CC)/C(=C(\C#N)c1ncn[nH]1)S(=O)(=O)c1ccc(C)cc1. The van der Waals surface area contributed by atoms with E-state index in [4.69, 9.17) is 0 Å². The summed E-state index contributed by atoms with van der Waals surface area (Å²) in [5, 5.41) is 15.9. The van der Waals surface area contributed by atoms with E-state index in [1.807, 2.05) is 26.8 Å². The van der Waals surface area contributed by atoms with Crippen LogP contribution >= 0.6 is 0 Å². The van der Waals surface area contributed by atoms with Crippen molar-refractivity contribution in [2.75, 3.05) is 0 Å². The molecule has 1 aromatic heterocycles. The van der Waals surface area contributed by atoms with Crippen molar-refractivity contribution in [3.63, 3.8) is 0 Å². The molecule has 0 fully saturated rings. The summed E-state index contributed by atoms with van der Waals surface area (Å²) < 4.78 is 26.5. The van der Waals surface area contributed by atoms with E-state index >= 15 is 0 Å². The summed E-state index contributed by atoms with van der Waals surface area (Å²) in [6.07, 6.45) is 2.47. The van der Waals surface area contributed by atoms with Gasteiger partial charge < -0.3 is 0 Å². The minimum Gasteiger partial charge on any atom is -0.259 e. The molecule has 1 aromatic carbocycles. The Balaban J connectivity index is 2.76. The van der Waals surface area contributed by atoms with Crippen LogP contribution in [0.15, 0.2) is 40.4 Å². The van der Waals surface area contributed by atoms with Gasteiger partial charge in [-0.1, -0.05) is 31.5 Å². The first-order valence-electron chi connectivity index (χ1n) is 7.77. The zero-order chi connectivity index (χ0) is 17.7. The Morgan fingerprint density at radius 3 is 2.33 bits per heavy atom. The van der Waals surface area contributed by atoms with Gasteiger partial charge in [0.2, 0.25) is 9.84 Å². The molecule has 1 heterocycles. The van der Waals surface area contributed by atoms with Crippen molar-refractivity contribution in [1.82, 2.24) is 15.2 Å². The molecule has 1 N–H and O–H groups in total. The fourth-order valence-electron chi connectivity index (χ4n) is 2.61. The number of aromatic amines is 1. The smallest absolute Gasteiger partial charge is 0.204 e. The number of benzene rings is 1. The molecule has 0 bridgehead atoms. The van der Waals surface area contributed by atoms with Gasteiger partial charge in [-0.2, -0.15) is 10.4 Å². The molecule has 0 spiro atoms. The van der Waals surface area contributed by atoms with Crippen molar-refractivity contribution in [2.45, 2.75) is 38.5 Å². The molecule has 0 saturated heterocycles. The van der Waals surface area contributed by atoms with Gasteiger partial charge in [0, 0.05) is 0 Å². The van der Waals surface area contributed by atoms with Gasteiger partial charge in [-0.05, 0) is 37.8 Å². The van der Waals surface area contributed by atoms with Crippen LogP contribution in [0.3, 0.4) is 0 Å². The largest absolute Gasteiger partial charge is 0.259 e. The Kier molecular flexibility index (Phi) is 5.52. The molecular formula is C17H20N4O2S. The number of sulfone groups is 1. The van der Waals surface area contributed by atoms with Crippen LogP contribution in [-0.4, -0.2) is 23.6 Å². The summed E-state index contributed by atoms with van der Waals surface area (Å²) in [5.74, 6) is -0.0915. The molecule has 2 rings (SSSR count). The Bertz CT molecular complexity index is 856. The van der Waals surface area contributed by atoms with E-state index in [-0.39, 0.29) is 27.1 Å². The first-order valence-corrected chi connectivity index (χ1v) is 9.25. The van der Waals surface area contributed by atoms with Gasteiger partial charge in [-0.25, -0.2) is 13.4 Å². The van der Waals surface area contributed by atoms with Gasteiger partial charge in [-0.15, -0.1) is 0 Å². The first kappa shape index (κ1) is 17.9. The molecule has 7 heteroatoms. The maximum Gasteiger partial charge on any atom is 0.204 e. The van der Waals surface area contributed by atoms with Crippen LogP contribution in [0.25, 0.3) is 5.57 Å². The summed E-state index contributed by atoms with van der Waals surface area (Å²) in [5.41, 5.74) is 1.000. The van der Waals surface area contributed by atoms with E-state index in [0.717, 1.165) is 5.56 Å². The molecule has 6 nitrogen and oxygen atoms in total. The van der Waals surface area contributed by atoms with Crippen molar-refractivity contribution < 1.29 is 8.42 Å². The van der Waals surface area contributed by atoms with E-state index < -0.39 is 9.84 Å². The van der Waals surface area contributed by atoms with Crippen LogP contribution < -0.4 is 0 Å². The van der Waals surface area contributed by atoms with Gasteiger partial charge in [0.05, 0.1) is 9.80 Å². The maximum absolute atomic E-state index is 13.2.